The van der Waals surface area contributed by atoms with Crippen LogP contribution in [-0.2, 0) is 8.85 Å². The third-order valence-electron chi connectivity index (χ3n) is 5.62. The van der Waals surface area contributed by atoms with Gasteiger partial charge in [0.1, 0.15) is 0 Å². The zero-order chi connectivity index (χ0) is 20.2. The molecule has 0 aliphatic carbocycles. The molecule has 0 bridgehead atoms. The van der Waals surface area contributed by atoms with E-state index < -0.39 is 8.56 Å². The zero-order valence-corrected chi connectivity index (χ0v) is 20.6. The number of hydrogen-bond acceptors (Lipinski definition) is 2. The summed E-state index contributed by atoms with van der Waals surface area (Å²) >= 11 is 0. The summed E-state index contributed by atoms with van der Waals surface area (Å²) in [7, 11) is -1.91. The van der Waals surface area contributed by atoms with E-state index in [1.54, 1.807) is 0 Å². The smallest absolute Gasteiger partial charge is 0.337 e. The molecule has 0 aliphatic heterocycles. The molecular formula is C24H52O2Si. The third-order valence-corrected chi connectivity index (χ3v) is 9.20. The highest BCUT2D eigenvalue weighted by Gasteiger charge is 2.33. The van der Waals surface area contributed by atoms with Crippen LogP contribution in [0.4, 0.5) is 0 Å². The van der Waals surface area contributed by atoms with Crippen LogP contribution < -0.4 is 0 Å². The maximum atomic E-state index is 6.30. The van der Waals surface area contributed by atoms with Crippen LogP contribution in [-0.4, -0.2) is 21.8 Å². The number of unbranched alkanes of at least 4 members (excludes halogenated alkanes) is 13. The van der Waals surface area contributed by atoms with Gasteiger partial charge in [0.05, 0.1) is 0 Å². The van der Waals surface area contributed by atoms with Crippen molar-refractivity contribution in [1.29, 1.82) is 0 Å². The molecule has 0 spiro atoms. The average molecular weight is 401 g/mol. The fourth-order valence-electron chi connectivity index (χ4n) is 3.57. The van der Waals surface area contributed by atoms with Crippen molar-refractivity contribution >= 4 is 8.56 Å². The minimum atomic E-state index is -1.91. The lowest BCUT2D eigenvalue weighted by Crippen LogP contribution is -2.42. The average Bonchev–Trinajstić information content (AvgIpc) is 2.67. The molecule has 3 heteroatoms. The Kier molecular flexibility index (Phi) is 19.6. The molecule has 0 heterocycles. The molecule has 0 radical (unpaired) electrons. The van der Waals surface area contributed by atoms with Gasteiger partial charge in [-0.2, -0.15) is 0 Å². The zero-order valence-electron chi connectivity index (χ0n) is 19.6. The van der Waals surface area contributed by atoms with Crippen molar-refractivity contribution in [3.05, 3.63) is 0 Å². The van der Waals surface area contributed by atoms with E-state index in [9.17, 15) is 0 Å². The second-order valence-corrected chi connectivity index (χ2v) is 12.6. The van der Waals surface area contributed by atoms with E-state index in [1.165, 1.54) is 89.9 Å². The van der Waals surface area contributed by atoms with Crippen LogP contribution in [0.2, 0.25) is 12.1 Å². The Hall–Kier alpha value is 0.137. The van der Waals surface area contributed by atoms with Crippen LogP contribution in [0.25, 0.3) is 0 Å². The van der Waals surface area contributed by atoms with Gasteiger partial charge >= 0.3 is 8.56 Å². The van der Waals surface area contributed by atoms with E-state index in [2.05, 4.69) is 34.6 Å². The second kappa shape index (κ2) is 19.5. The predicted octanol–water partition coefficient (Wildman–Crippen LogP) is 8.64. The fraction of sp³-hybridized carbons (Fsp3) is 1.00. The van der Waals surface area contributed by atoms with Crippen LogP contribution in [0.1, 0.15) is 125 Å². The van der Waals surface area contributed by atoms with Gasteiger partial charge in [0.15, 0.2) is 0 Å². The monoisotopic (exact) mass is 400 g/mol. The van der Waals surface area contributed by atoms with Gasteiger partial charge in [-0.3, -0.25) is 0 Å². The molecule has 0 aromatic heterocycles. The normalized spacial score (nSPS) is 12.2. The molecule has 0 atom stereocenters. The molecule has 0 aromatic carbocycles. The molecule has 0 amide bonds. The topological polar surface area (TPSA) is 18.5 Å². The molecule has 0 rings (SSSR count). The summed E-state index contributed by atoms with van der Waals surface area (Å²) in [5.74, 6) is 0.597. The van der Waals surface area contributed by atoms with Crippen molar-refractivity contribution in [3.63, 3.8) is 0 Å². The Labute approximate surface area is 173 Å². The van der Waals surface area contributed by atoms with Crippen LogP contribution in [0, 0.1) is 5.92 Å². The summed E-state index contributed by atoms with van der Waals surface area (Å²) in [5.41, 5.74) is 0. The maximum Gasteiger partial charge on any atom is 0.337 e. The summed E-state index contributed by atoms with van der Waals surface area (Å²) in [6.07, 6.45) is 19.7. The van der Waals surface area contributed by atoms with Gasteiger partial charge in [0, 0.05) is 13.2 Å². The van der Waals surface area contributed by atoms with E-state index in [0.29, 0.717) is 5.92 Å². The minimum Gasteiger partial charge on any atom is -0.394 e. The fourth-order valence-corrected chi connectivity index (χ4v) is 6.13. The molecule has 2 nitrogen and oxygen atoms in total. The second-order valence-electron chi connectivity index (χ2n) is 8.77. The number of hydrogen-bond donors (Lipinski definition) is 0. The molecule has 0 N–H and O–H groups in total. The lowest BCUT2D eigenvalue weighted by atomic mass is 10.0. The Balaban J connectivity index is 3.45. The summed E-state index contributed by atoms with van der Waals surface area (Å²) in [6.45, 7) is 13.0. The Bertz CT molecular complexity index is 290. The molecule has 0 fully saturated rings. The van der Waals surface area contributed by atoms with E-state index in [-0.39, 0.29) is 0 Å². The maximum absolute atomic E-state index is 6.30. The molecule has 27 heavy (non-hydrogen) atoms. The van der Waals surface area contributed by atoms with Gasteiger partial charge in [0.2, 0.25) is 0 Å². The highest BCUT2D eigenvalue weighted by atomic mass is 28.4. The third kappa shape index (κ3) is 16.8. The summed E-state index contributed by atoms with van der Waals surface area (Å²) < 4.78 is 12.5. The van der Waals surface area contributed by atoms with E-state index in [1.807, 2.05) is 0 Å². The van der Waals surface area contributed by atoms with Crippen molar-refractivity contribution in [2.45, 2.75) is 137 Å². The van der Waals surface area contributed by atoms with E-state index >= 15 is 0 Å². The van der Waals surface area contributed by atoms with Crippen molar-refractivity contribution in [2.75, 3.05) is 13.2 Å². The largest absolute Gasteiger partial charge is 0.394 e. The van der Waals surface area contributed by atoms with Gasteiger partial charge in [-0.05, 0) is 24.4 Å². The summed E-state index contributed by atoms with van der Waals surface area (Å²) in [6, 6.07) is 2.16. The van der Waals surface area contributed by atoms with E-state index in [4.69, 9.17) is 8.85 Å². The van der Waals surface area contributed by atoms with Crippen LogP contribution in [0.5, 0.6) is 0 Å². The van der Waals surface area contributed by atoms with Crippen LogP contribution in [0.3, 0.4) is 0 Å². The Morgan fingerprint density at radius 2 is 0.963 bits per heavy atom. The lowest BCUT2D eigenvalue weighted by Gasteiger charge is -2.29. The Morgan fingerprint density at radius 3 is 1.33 bits per heavy atom. The van der Waals surface area contributed by atoms with Crippen molar-refractivity contribution in [2.24, 2.45) is 5.92 Å². The van der Waals surface area contributed by atoms with Gasteiger partial charge in [-0.1, -0.05) is 118 Å². The first-order valence-corrected chi connectivity index (χ1v) is 14.6. The van der Waals surface area contributed by atoms with Crippen LogP contribution >= 0.6 is 0 Å². The standard InChI is InChI=1S/C24H52O2Si/c1-6-9-10-11-12-13-14-15-16-17-18-19-20-21-22-25-27(7-2,8-3)26-23-24(4)5/h24H,6-23H2,1-5H3. The first kappa shape index (κ1) is 27.1. The minimum absolute atomic E-state index is 0.597. The van der Waals surface area contributed by atoms with Crippen LogP contribution in [0.15, 0.2) is 0 Å². The predicted molar refractivity (Wildman–Crippen MR) is 124 cm³/mol. The lowest BCUT2D eigenvalue weighted by molar-refractivity contribution is 0.150. The summed E-state index contributed by atoms with van der Waals surface area (Å²) in [4.78, 5) is 0. The molecule has 0 aliphatic rings. The SMILES string of the molecule is CCCCCCCCCCCCCCCCO[Si](CC)(CC)OCC(C)C. The molecule has 0 saturated heterocycles. The number of rotatable bonds is 21. The first-order chi connectivity index (χ1) is 13.1. The first-order valence-electron chi connectivity index (χ1n) is 12.4. The highest BCUT2D eigenvalue weighted by Crippen LogP contribution is 2.20. The van der Waals surface area contributed by atoms with E-state index in [0.717, 1.165) is 25.3 Å². The quantitative estimate of drug-likeness (QED) is 0.142. The van der Waals surface area contributed by atoms with Crippen molar-refractivity contribution in [1.82, 2.24) is 0 Å². The van der Waals surface area contributed by atoms with Crippen molar-refractivity contribution in [3.8, 4) is 0 Å². The van der Waals surface area contributed by atoms with Gasteiger partial charge in [-0.25, -0.2) is 0 Å². The molecule has 0 saturated carbocycles. The molecule has 0 unspecified atom stereocenters. The van der Waals surface area contributed by atoms with Gasteiger partial charge in [-0.15, -0.1) is 0 Å². The Morgan fingerprint density at radius 1 is 0.556 bits per heavy atom. The highest BCUT2D eigenvalue weighted by molar-refractivity contribution is 6.67. The molecular weight excluding hydrogens is 348 g/mol. The van der Waals surface area contributed by atoms with Crippen molar-refractivity contribution < 1.29 is 8.85 Å². The van der Waals surface area contributed by atoms with Gasteiger partial charge in [0.25, 0.3) is 0 Å². The van der Waals surface area contributed by atoms with Gasteiger partial charge < -0.3 is 8.85 Å². The molecule has 164 valence electrons. The molecule has 0 aromatic rings. The summed E-state index contributed by atoms with van der Waals surface area (Å²) in [5, 5.41) is 0.